The average molecular weight is 485 g/mol. The lowest BCUT2D eigenvalue weighted by atomic mass is 10.0. The molecule has 1 aliphatic heterocycles. The van der Waals surface area contributed by atoms with Crippen molar-refractivity contribution in [3.8, 4) is 11.1 Å². The number of methoxy groups -OCH3 is 1. The van der Waals surface area contributed by atoms with E-state index in [-0.39, 0.29) is 32.6 Å². The zero-order chi connectivity index (χ0) is 23.6. The molecule has 4 rings (SSSR count). The fourth-order valence-corrected chi connectivity index (χ4v) is 4.91. The maximum absolute atomic E-state index is 13.2. The summed E-state index contributed by atoms with van der Waals surface area (Å²) >= 11 is 6.14. The van der Waals surface area contributed by atoms with Crippen LogP contribution in [0.15, 0.2) is 71.6 Å². The van der Waals surface area contributed by atoms with Crippen molar-refractivity contribution in [2.75, 3.05) is 24.9 Å². The number of sulfonamides is 1. The minimum absolute atomic E-state index is 0.0544. The fourth-order valence-electron chi connectivity index (χ4n) is 3.47. The number of hydrogen-bond donors (Lipinski definition) is 1. The quantitative estimate of drug-likeness (QED) is 0.522. The molecule has 1 saturated heterocycles. The third-order valence-corrected chi connectivity index (χ3v) is 6.91. The Labute approximate surface area is 197 Å². The monoisotopic (exact) mass is 484 g/mol. The highest BCUT2D eigenvalue weighted by Gasteiger charge is 2.25. The highest BCUT2D eigenvalue weighted by molar-refractivity contribution is 7.92. The van der Waals surface area contributed by atoms with Crippen LogP contribution < -0.4 is 4.72 Å². The topological polar surface area (TPSA) is 92.8 Å². The van der Waals surface area contributed by atoms with E-state index in [4.69, 9.17) is 16.3 Å². The number of nitrogens with one attached hydrogen (secondary N) is 1. The third-order valence-electron chi connectivity index (χ3n) is 5.35. The number of benzene rings is 3. The van der Waals surface area contributed by atoms with Gasteiger partial charge in [0.05, 0.1) is 23.3 Å². The molecule has 0 bridgehead atoms. The van der Waals surface area contributed by atoms with Crippen LogP contribution in [0.1, 0.15) is 27.1 Å². The number of ether oxygens (including phenoxy) is 1. The van der Waals surface area contributed by atoms with Crippen molar-refractivity contribution in [2.45, 2.75) is 11.3 Å². The van der Waals surface area contributed by atoms with Gasteiger partial charge < -0.3 is 9.64 Å². The fraction of sp³-hybridized carbons (Fsp3) is 0.167. The molecular formula is C24H21ClN2O5S. The summed E-state index contributed by atoms with van der Waals surface area (Å²) < 4.78 is 33.8. The maximum atomic E-state index is 13.2. The first-order chi connectivity index (χ1) is 15.8. The standard InChI is InChI=1S/C24H21ClN2O5S/c1-32-24(29)21-9-8-17(16-6-3-2-4-7-16)14-22(21)26-33(30,31)20-13-18(12-19(25)15-20)23(28)27-10-5-11-27/h2-4,6-9,12-15,26H,5,10-11H2,1H3. The average Bonchev–Trinajstić information content (AvgIpc) is 2.77. The normalized spacial score (nSPS) is 13.2. The molecule has 0 unspecified atom stereocenters. The molecule has 1 N–H and O–H groups in total. The summed E-state index contributed by atoms with van der Waals surface area (Å²) in [7, 11) is -2.96. The van der Waals surface area contributed by atoms with Crippen molar-refractivity contribution in [3.05, 3.63) is 82.9 Å². The zero-order valence-corrected chi connectivity index (χ0v) is 19.3. The van der Waals surface area contributed by atoms with Gasteiger partial charge in [-0.2, -0.15) is 0 Å². The van der Waals surface area contributed by atoms with Gasteiger partial charge in [-0.1, -0.05) is 48.0 Å². The lowest BCUT2D eigenvalue weighted by Gasteiger charge is -2.31. The molecule has 33 heavy (non-hydrogen) atoms. The Morgan fingerprint density at radius 3 is 2.33 bits per heavy atom. The van der Waals surface area contributed by atoms with Crippen molar-refractivity contribution < 1.29 is 22.7 Å². The third kappa shape index (κ3) is 4.86. The second-order valence-corrected chi connectivity index (χ2v) is 9.66. The van der Waals surface area contributed by atoms with Crippen LogP contribution in [-0.2, 0) is 14.8 Å². The first-order valence-corrected chi connectivity index (χ1v) is 12.0. The van der Waals surface area contributed by atoms with Crippen LogP contribution in [0, 0.1) is 0 Å². The molecule has 0 radical (unpaired) electrons. The molecule has 0 atom stereocenters. The number of nitrogens with zero attached hydrogens (tertiary/aromatic N) is 1. The Balaban J connectivity index is 1.73. The molecule has 170 valence electrons. The Bertz CT molecular complexity index is 1320. The van der Waals surface area contributed by atoms with E-state index in [1.54, 1.807) is 17.0 Å². The Morgan fingerprint density at radius 1 is 0.970 bits per heavy atom. The summed E-state index contributed by atoms with van der Waals surface area (Å²) in [6.45, 7) is 1.25. The van der Waals surface area contributed by atoms with Crippen LogP contribution >= 0.6 is 11.6 Å². The molecule has 0 aromatic heterocycles. The number of rotatable bonds is 6. The number of carbonyl (C=O) groups is 2. The number of carbonyl (C=O) groups excluding carboxylic acids is 2. The lowest BCUT2D eigenvalue weighted by molar-refractivity contribution is 0.0600. The van der Waals surface area contributed by atoms with Crippen LogP contribution in [0.25, 0.3) is 11.1 Å². The zero-order valence-electron chi connectivity index (χ0n) is 17.7. The lowest BCUT2D eigenvalue weighted by Crippen LogP contribution is -2.42. The minimum Gasteiger partial charge on any atom is -0.465 e. The van der Waals surface area contributed by atoms with Crippen LogP contribution in [0.3, 0.4) is 0 Å². The second-order valence-electron chi connectivity index (χ2n) is 7.54. The minimum atomic E-state index is -4.18. The SMILES string of the molecule is COC(=O)c1ccc(-c2ccccc2)cc1NS(=O)(=O)c1cc(Cl)cc(C(=O)N2CCC2)c1. The summed E-state index contributed by atoms with van der Waals surface area (Å²) in [5, 5.41) is 0.118. The van der Waals surface area contributed by atoms with E-state index in [9.17, 15) is 18.0 Å². The van der Waals surface area contributed by atoms with E-state index in [2.05, 4.69) is 4.72 Å². The molecule has 1 amide bonds. The van der Waals surface area contributed by atoms with Gasteiger partial charge in [-0.15, -0.1) is 0 Å². The molecule has 9 heteroatoms. The van der Waals surface area contributed by atoms with Crippen LogP contribution in [0.5, 0.6) is 0 Å². The molecule has 0 aliphatic carbocycles. The maximum Gasteiger partial charge on any atom is 0.339 e. The molecule has 0 spiro atoms. The number of hydrogen-bond acceptors (Lipinski definition) is 5. The van der Waals surface area contributed by atoms with E-state index in [0.29, 0.717) is 18.7 Å². The largest absolute Gasteiger partial charge is 0.465 e. The van der Waals surface area contributed by atoms with E-state index in [1.165, 1.54) is 31.4 Å². The first-order valence-electron chi connectivity index (χ1n) is 10.2. The van der Waals surface area contributed by atoms with Crippen LogP contribution in [0.4, 0.5) is 5.69 Å². The first kappa shape index (κ1) is 22.8. The smallest absolute Gasteiger partial charge is 0.339 e. The van der Waals surface area contributed by atoms with Crippen molar-refractivity contribution in [2.24, 2.45) is 0 Å². The van der Waals surface area contributed by atoms with Crippen molar-refractivity contribution in [1.82, 2.24) is 4.90 Å². The number of likely N-dealkylation sites (tertiary alicyclic amines) is 1. The van der Waals surface area contributed by atoms with Gasteiger partial charge in [0.15, 0.2) is 0 Å². The summed E-state index contributed by atoms with van der Waals surface area (Å²) in [4.78, 5) is 26.3. The Hall–Kier alpha value is -3.36. The molecule has 1 fully saturated rings. The Morgan fingerprint density at radius 2 is 1.70 bits per heavy atom. The van der Waals surface area contributed by atoms with Gasteiger partial charge in [0, 0.05) is 23.7 Å². The second kappa shape index (κ2) is 9.25. The van der Waals surface area contributed by atoms with Gasteiger partial charge in [0.2, 0.25) is 0 Å². The summed E-state index contributed by atoms with van der Waals surface area (Å²) in [5.74, 6) is -0.964. The van der Waals surface area contributed by atoms with E-state index < -0.39 is 16.0 Å². The molecule has 7 nitrogen and oxygen atoms in total. The predicted molar refractivity (Wildman–Crippen MR) is 126 cm³/mol. The Kier molecular flexibility index (Phi) is 6.40. The molecular weight excluding hydrogens is 464 g/mol. The van der Waals surface area contributed by atoms with Crippen LogP contribution in [0.2, 0.25) is 5.02 Å². The predicted octanol–water partition coefficient (Wildman–Crippen LogP) is 4.44. The van der Waals surface area contributed by atoms with Gasteiger partial charge in [0.1, 0.15) is 0 Å². The molecule has 1 aliphatic rings. The van der Waals surface area contributed by atoms with Gasteiger partial charge in [-0.25, -0.2) is 13.2 Å². The highest BCUT2D eigenvalue weighted by Crippen LogP contribution is 2.29. The summed E-state index contributed by atoms with van der Waals surface area (Å²) in [5.41, 5.74) is 1.85. The molecule has 3 aromatic rings. The van der Waals surface area contributed by atoms with Crippen molar-refractivity contribution in [3.63, 3.8) is 0 Å². The van der Waals surface area contributed by atoms with Gasteiger partial charge in [-0.3, -0.25) is 9.52 Å². The van der Waals surface area contributed by atoms with E-state index in [0.717, 1.165) is 12.0 Å². The van der Waals surface area contributed by atoms with Gasteiger partial charge in [-0.05, 0) is 47.9 Å². The summed E-state index contributed by atoms with van der Waals surface area (Å²) in [6.07, 6.45) is 0.910. The molecule has 1 heterocycles. The number of amides is 1. The highest BCUT2D eigenvalue weighted by atomic mass is 35.5. The van der Waals surface area contributed by atoms with E-state index >= 15 is 0 Å². The van der Waals surface area contributed by atoms with Crippen molar-refractivity contribution in [1.29, 1.82) is 0 Å². The van der Waals surface area contributed by atoms with Crippen molar-refractivity contribution >= 4 is 39.2 Å². The summed E-state index contributed by atoms with van der Waals surface area (Å²) in [6, 6.07) is 18.1. The molecule has 0 saturated carbocycles. The number of anilines is 1. The van der Waals surface area contributed by atoms with Gasteiger partial charge in [0.25, 0.3) is 15.9 Å². The van der Waals surface area contributed by atoms with E-state index in [1.807, 2.05) is 30.3 Å². The van der Waals surface area contributed by atoms with Crippen LogP contribution in [-0.4, -0.2) is 45.4 Å². The van der Waals surface area contributed by atoms with Gasteiger partial charge >= 0.3 is 5.97 Å². The number of esters is 1. The number of halogens is 1. The molecule has 3 aromatic carbocycles.